The molecule has 0 aliphatic heterocycles. The van der Waals surface area contributed by atoms with Crippen molar-refractivity contribution in [3.8, 4) is 0 Å². The van der Waals surface area contributed by atoms with Gasteiger partial charge in [-0.15, -0.1) is 0 Å². The van der Waals surface area contributed by atoms with Gasteiger partial charge in [-0.05, 0) is 51.5 Å². The Balaban J connectivity index is 0. The smallest absolute Gasteiger partial charge is 0.303 e. The second kappa shape index (κ2) is 42.7. The van der Waals surface area contributed by atoms with Crippen molar-refractivity contribution in [2.75, 3.05) is 6.54 Å². The van der Waals surface area contributed by atoms with Crippen molar-refractivity contribution >= 4 is 11.9 Å². The second-order valence-corrected chi connectivity index (χ2v) is 14.2. The molecule has 0 bridgehead atoms. The van der Waals surface area contributed by atoms with E-state index in [0.29, 0.717) is 13.0 Å². The van der Waals surface area contributed by atoms with E-state index in [1.807, 2.05) is 0 Å². The summed E-state index contributed by atoms with van der Waals surface area (Å²) in [6, 6.07) is 0. The Morgan fingerprint density at radius 1 is 0.489 bits per heavy atom. The van der Waals surface area contributed by atoms with Crippen molar-refractivity contribution in [1.82, 2.24) is 0 Å². The van der Waals surface area contributed by atoms with Crippen LogP contribution in [0.3, 0.4) is 0 Å². The Morgan fingerprint density at radius 2 is 0.809 bits per heavy atom. The van der Waals surface area contributed by atoms with E-state index in [0.717, 1.165) is 32.1 Å². The predicted octanol–water partition coefficient (Wildman–Crippen LogP) is 13.0. The van der Waals surface area contributed by atoms with E-state index in [-0.39, 0.29) is 11.8 Å². The minimum absolute atomic E-state index is 0.0101. The molecule has 0 aromatic rings. The molecular weight excluding hydrogens is 580 g/mol. The Hall–Kier alpha value is -1.36. The van der Waals surface area contributed by atoms with Gasteiger partial charge in [0.2, 0.25) is 5.91 Å². The normalized spacial score (nSPS) is 11.9. The predicted molar refractivity (Wildman–Crippen MR) is 207 cm³/mol. The van der Waals surface area contributed by atoms with Gasteiger partial charge in [-0.2, -0.15) is 0 Å². The van der Waals surface area contributed by atoms with Gasteiger partial charge in [0.15, 0.2) is 0 Å². The Morgan fingerprint density at radius 3 is 1.13 bits per heavy atom. The number of rotatable bonds is 37. The third kappa shape index (κ3) is 44.6. The first-order chi connectivity index (χ1) is 23.0. The highest BCUT2D eigenvalue weighted by molar-refractivity contribution is 5.76. The molecule has 0 spiro atoms. The molecule has 5 N–H and O–H groups in total. The molecule has 5 heteroatoms. The van der Waals surface area contributed by atoms with Crippen LogP contribution in [0, 0.1) is 5.92 Å². The zero-order valence-corrected chi connectivity index (χ0v) is 31.9. The first-order valence-corrected chi connectivity index (χ1v) is 20.9. The molecule has 0 aromatic heterocycles. The van der Waals surface area contributed by atoms with Crippen molar-refractivity contribution in [2.45, 2.75) is 232 Å². The lowest BCUT2D eigenvalue weighted by molar-refractivity contribution is -0.137. The molecule has 47 heavy (non-hydrogen) atoms. The third-order valence-corrected chi connectivity index (χ3v) is 9.48. The van der Waals surface area contributed by atoms with E-state index in [1.165, 1.54) is 180 Å². The lowest BCUT2D eigenvalue weighted by Gasteiger charge is -2.11. The Labute approximate surface area is 294 Å². The van der Waals surface area contributed by atoms with Gasteiger partial charge in [0.05, 0.1) is 0 Å². The van der Waals surface area contributed by atoms with Gasteiger partial charge >= 0.3 is 5.97 Å². The number of primary amides is 1. The topological polar surface area (TPSA) is 106 Å². The molecule has 1 unspecified atom stereocenters. The molecule has 1 atom stereocenters. The van der Waals surface area contributed by atoms with Crippen LogP contribution in [0.1, 0.15) is 232 Å². The summed E-state index contributed by atoms with van der Waals surface area (Å²) in [5.41, 5.74) is 10.9. The van der Waals surface area contributed by atoms with Crippen molar-refractivity contribution in [1.29, 1.82) is 0 Å². The Kier molecular flexibility index (Phi) is 43.3. The van der Waals surface area contributed by atoms with Gasteiger partial charge in [0, 0.05) is 12.3 Å². The zero-order chi connectivity index (χ0) is 34.9. The molecule has 0 aliphatic carbocycles. The van der Waals surface area contributed by atoms with Gasteiger partial charge in [-0.25, -0.2) is 0 Å². The summed E-state index contributed by atoms with van der Waals surface area (Å²) in [6.07, 6.45) is 47.9. The summed E-state index contributed by atoms with van der Waals surface area (Å²) in [5.74, 6) is -0.842. The summed E-state index contributed by atoms with van der Waals surface area (Å²) < 4.78 is 0. The van der Waals surface area contributed by atoms with Gasteiger partial charge < -0.3 is 16.6 Å². The number of unbranched alkanes of at least 4 members (excludes halogenated alkanes) is 28. The molecule has 0 radical (unpaired) electrons. The van der Waals surface area contributed by atoms with E-state index in [9.17, 15) is 9.59 Å². The van der Waals surface area contributed by atoms with Crippen LogP contribution in [-0.2, 0) is 9.59 Å². The van der Waals surface area contributed by atoms with Gasteiger partial charge in [-0.1, -0.05) is 193 Å². The first kappa shape index (κ1) is 47.8. The van der Waals surface area contributed by atoms with E-state index >= 15 is 0 Å². The van der Waals surface area contributed by atoms with Crippen LogP contribution in [0.5, 0.6) is 0 Å². The lowest BCUT2D eigenvalue weighted by atomic mass is 9.96. The molecule has 0 saturated heterocycles. The molecule has 0 fully saturated rings. The number of hydrogen-bond acceptors (Lipinski definition) is 3. The van der Waals surface area contributed by atoms with E-state index < -0.39 is 5.97 Å². The SMILES string of the molecule is CCCCCCCC/C=C\CCCCCCCCCCC(CCN)C(N)=O.CCCCCCCCCCCCCCCCCC(=O)O. The number of carboxylic acid groups (broad SMARTS) is 1. The van der Waals surface area contributed by atoms with Crippen LogP contribution < -0.4 is 11.5 Å². The molecular formula is C42H84N2O3. The number of aliphatic carboxylic acids is 1. The number of hydrogen-bond donors (Lipinski definition) is 3. The van der Waals surface area contributed by atoms with Crippen LogP contribution in [0.15, 0.2) is 12.2 Å². The maximum Gasteiger partial charge on any atom is 0.303 e. The standard InChI is InChI=1S/C24H48N2O.C18H36O2/c1-2-3-4-5-6-7-8-9-10-11-12-13-14-15-16-17-18-19-20-23(21-22-25)24(26)27;1-2-3-4-5-6-7-8-9-10-11-12-13-14-15-16-17-18(19)20/h9-10,23H,2-8,11-22,25H2,1H3,(H2,26,27);2-17H2,1H3,(H,19,20)/b10-9-;. The molecule has 0 aliphatic rings. The molecule has 280 valence electrons. The summed E-state index contributed by atoms with van der Waals surface area (Å²) in [5, 5.41) is 8.52. The van der Waals surface area contributed by atoms with E-state index in [4.69, 9.17) is 16.6 Å². The minimum Gasteiger partial charge on any atom is -0.481 e. The van der Waals surface area contributed by atoms with Crippen molar-refractivity contribution in [3.63, 3.8) is 0 Å². The minimum atomic E-state index is -0.653. The molecule has 0 heterocycles. The number of allylic oxidation sites excluding steroid dienone is 2. The second-order valence-electron chi connectivity index (χ2n) is 14.2. The largest absolute Gasteiger partial charge is 0.481 e. The maximum atomic E-state index is 11.3. The van der Waals surface area contributed by atoms with Crippen molar-refractivity contribution < 1.29 is 14.7 Å². The lowest BCUT2D eigenvalue weighted by Crippen LogP contribution is -2.25. The zero-order valence-electron chi connectivity index (χ0n) is 31.9. The highest BCUT2D eigenvalue weighted by atomic mass is 16.4. The fourth-order valence-electron chi connectivity index (χ4n) is 6.27. The summed E-state index contributed by atoms with van der Waals surface area (Å²) in [4.78, 5) is 21.6. The number of carboxylic acids is 1. The summed E-state index contributed by atoms with van der Waals surface area (Å²) in [7, 11) is 0. The molecule has 5 nitrogen and oxygen atoms in total. The fourth-order valence-corrected chi connectivity index (χ4v) is 6.27. The van der Waals surface area contributed by atoms with Crippen molar-refractivity contribution in [2.24, 2.45) is 17.4 Å². The third-order valence-electron chi connectivity index (χ3n) is 9.48. The van der Waals surface area contributed by atoms with Gasteiger partial charge in [-0.3, -0.25) is 9.59 Å². The van der Waals surface area contributed by atoms with Crippen molar-refractivity contribution in [3.05, 3.63) is 12.2 Å². The summed E-state index contributed by atoms with van der Waals surface area (Å²) in [6.45, 7) is 5.10. The van der Waals surface area contributed by atoms with Crippen LogP contribution in [-0.4, -0.2) is 23.5 Å². The van der Waals surface area contributed by atoms with Crippen LogP contribution >= 0.6 is 0 Å². The quantitative estimate of drug-likeness (QED) is 0.0454. The molecule has 0 rings (SSSR count). The van der Waals surface area contributed by atoms with Crippen LogP contribution in [0.4, 0.5) is 0 Å². The number of nitrogens with two attached hydrogens (primary N) is 2. The Bertz CT molecular complexity index is 652. The molecule has 0 aromatic carbocycles. The number of carbonyl (C=O) groups is 2. The van der Waals surface area contributed by atoms with E-state index in [1.54, 1.807) is 0 Å². The molecule has 1 amide bonds. The monoisotopic (exact) mass is 665 g/mol. The molecule has 0 saturated carbocycles. The average Bonchev–Trinajstić information content (AvgIpc) is 3.05. The number of carbonyl (C=O) groups excluding carboxylic acids is 1. The summed E-state index contributed by atoms with van der Waals surface area (Å²) >= 11 is 0. The number of amides is 1. The van der Waals surface area contributed by atoms with Gasteiger partial charge in [0.25, 0.3) is 0 Å². The van der Waals surface area contributed by atoms with Gasteiger partial charge in [0.1, 0.15) is 0 Å². The van der Waals surface area contributed by atoms with Crippen LogP contribution in [0.25, 0.3) is 0 Å². The highest BCUT2D eigenvalue weighted by Gasteiger charge is 2.13. The average molecular weight is 665 g/mol. The maximum absolute atomic E-state index is 11.3. The fraction of sp³-hybridized carbons (Fsp3) is 0.905. The van der Waals surface area contributed by atoms with E-state index in [2.05, 4.69) is 26.0 Å². The first-order valence-electron chi connectivity index (χ1n) is 20.9. The highest BCUT2D eigenvalue weighted by Crippen LogP contribution is 2.16. The van der Waals surface area contributed by atoms with Crippen LogP contribution in [0.2, 0.25) is 0 Å².